The number of halogens is 2. The number of methoxy groups -OCH3 is 2. The molecule has 2 aliphatic rings. The van der Waals surface area contributed by atoms with E-state index < -0.39 is 4.33 Å². The molecule has 4 nitrogen and oxygen atoms in total. The first-order valence-corrected chi connectivity index (χ1v) is 8.04. The van der Waals surface area contributed by atoms with Crippen molar-refractivity contribution in [2.24, 2.45) is 11.8 Å². The van der Waals surface area contributed by atoms with E-state index >= 15 is 0 Å². The number of ether oxygens (including phenoxy) is 2. The summed E-state index contributed by atoms with van der Waals surface area (Å²) in [6, 6.07) is 5.46. The number of alkyl halides is 2. The molecule has 1 amide bonds. The highest BCUT2D eigenvalue weighted by atomic mass is 35.5. The lowest BCUT2D eigenvalue weighted by Crippen LogP contribution is -2.39. The van der Waals surface area contributed by atoms with Crippen LogP contribution in [0.2, 0.25) is 0 Å². The van der Waals surface area contributed by atoms with Crippen molar-refractivity contribution in [1.29, 1.82) is 0 Å². The third-order valence-corrected chi connectivity index (χ3v) is 5.62. The van der Waals surface area contributed by atoms with Crippen LogP contribution in [0.1, 0.15) is 18.9 Å². The Labute approximate surface area is 140 Å². The second-order valence-electron chi connectivity index (χ2n) is 6.03. The molecule has 120 valence electrons. The van der Waals surface area contributed by atoms with Crippen molar-refractivity contribution in [2.75, 3.05) is 14.2 Å². The van der Waals surface area contributed by atoms with E-state index in [-0.39, 0.29) is 23.8 Å². The van der Waals surface area contributed by atoms with Gasteiger partial charge >= 0.3 is 0 Å². The van der Waals surface area contributed by atoms with Crippen LogP contribution in [-0.2, 0) is 11.3 Å². The maximum Gasteiger partial charge on any atom is 0.223 e. The summed E-state index contributed by atoms with van der Waals surface area (Å²) in [7, 11) is 3.21. The van der Waals surface area contributed by atoms with Crippen LogP contribution in [0.5, 0.6) is 11.5 Å². The SMILES string of the molecule is COc1ccc(CN2C(=O)C[C@H](C)[C@H]3[C@@H]2C3(Cl)Cl)c(OC)c1. The van der Waals surface area contributed by atoms with Gasteiger partial charge in [-0.2, -0.15) is 0 Å². The van der Waals surface area contributed by atoms with Crippen LogP contribution in [0.15, 0.2) is 18.2 Å². The van der Waals surface area contributed by atoms with E-state index in [1.165, 1.54) is 0 Å². The zero-order chi connectivity index (χ0) is 16.1. The summed E-state index contributed by atoms with van der Waals surface area (Å²) in [5, 5.41) is 0. The average Bonchev–Trinajstić information content (AvgIpc) is 3.06. The second-order valence-corrected chi connectivity index (χ2v) is 7.47. The van der Waals surface area contributed by atoms with Crippen LogP contribution in [0.4, 0.5) is 0 Å². The highest BCUT2D eigenvalue weighted by Crippen LogP contribution is 2.62. The summed E-state index contributed by atoms with van der Waals surface area (Å²) in [6.07, 6.45) is 0.487. The lowest BCUT2D eigenvalue weighted by atomic mass is 9.97. The van der Waals surface area contributed by atoms with Gasteiger partial charge in [0, 0.05) is 30.5 Å². The van der Waals surface area contributed by atoms with Gasteiger partial charge in [-0.3, -0.25) is 4.79 Å². The van der Waals surface area contributed by atoms with Gasteiger partial charge < -0.3 is 14.4 Å². The van der Waals surface area contributed by atoms with E-state index in [0.29, 0.717) is 24.5 Å². The second kappa shape index (κ2) is 5.50. The molecule has 3 rings (SSSR count). The highest BCUT2D eigenvalue weighted by Gasteiger charge is 2.70. The van der Waals surface area contributed by atoms with Gasteiger partial charge in [-0.25, -0.2) is 0 Å². The van der Waals surface area contributed by atoms with Crippen LogP contribution in [0, 0.1) is 11.8 Å². The number of likely N-dealkylation sites (tertiary alicyclic amines) is 1. The summed E-state index contributed by atoms with van der Waals surface area (Å²) in [4.78, 5) is 14.2. The summed E-state index contributed by atoms with van der Waals surface area (Å²) < 4.78 is 9.77. The number of fused-ring (bicyclic) bond motifs is 1. The van der Waals surface area contributed by atoms with Crippen molar-refractivity contribution in [3.05, 3.63) is 23.8 Å². The largest absolute Gasteiger partial charge is 0.497 e. The first-order valence-electron chi connectivity index (χ1n) is 7.28. The van der Waals surface area contributed by atoms with Gasteiger partial charge in [-0.15, -0.1) is 0 Å². The summed E-state index contributed by atoms with van der Waals surface area (Å²) in [6.45, 7) is 2.48. The smallest absolute Gasteiger partial charge is 0.223 e. The minimum atomic E-state index is -0.828. The Kier molecular flexibility index (Phi) is 3.94. The third kappa shape index (κ3) is 2.42. The molecule has 0 N–H and O–H groups in total. The van der Waals surface area contributed by atoms with Gasteiger partial charge in [-0.1, -0.05) is 30.1 Å². The quantitative estimate of drug-likeness (QED) is 0.787. The van der Waals surface area contributed by atoms with Crippen molar-refractivity contribution >= 4 is 29.1 Å². The topological polar surface area (TPSA) is 38.8 Å². The molecule has 3 atom stereocenters. The van der Waals surface area contributed by atoms with E-state index in [1.54, 1.807) is 19.1 Å². The first-order chi connectivity index (χ1) is 10.4. The van der Waals surface area contributed by atoms with Crippen LogP contribution in [-0.4, -0.2) is 35.4 Å². The Morgan fingerprint density at radius 2 is 2.05 bits per heavy atom. The fourth-order valence-corrected chi connectivity index (χ4v) is 4.50. The molecule has 1 aliphatic carbocycles. The number of piperidine rings is 1. The van der Waals surface area contributed by atoms with Crippen molar-refractivity contribution in [3.8, 4) is 11.5 Å². The molecular formula is C16H19Cl2NO3. The monoisotopic (exact) mass is 343 g/mol. The molecular weight excluding hydrogens is 325 g/mol. The standard InChI is InChI=1S/C16H19Cl2NO3/c1-9-6-13(20)19(15-14(9)16(15,17)18)8-10-4-5-11(21-2)7-12(10)22-3/h4-5,7,9,14-15H,6,8H2,1-3H3/t9-,14-,15+/m0/s1. The number of hydrogen-bond donors (Lipinski definition) is 0. The minimum Gasteiger partial charge on any atom is -0.497 e. The Morgan fingerprint density at radius 1 is 1.32 bits per heavy atom. The highest BCUT2D eigenvalue weighted by molar-refractivity contribution is 6.52. The maximum absolute atomic E-state index is 12.4. The molecule has 2 fully saturated rings. The molecule has 0 bridgehead atoms. The van der Waals surface area contributed by atoms with Gasteiger partial charge in [0.15, 0.2) is 0 Å². The Hall–Kier alpha value is -1.13. The number of carbonyl (C=O) groups excluding carboxylic acids is 1. The van der Waals surface area contributed by atoms with Gasteiger partial charge in [0.25, 0.3) is 0 Å². The van der Waals surface area contributed by atoms with E-state index in [4.69, 9.17) is 32.7 Å². The summed E-state index contributed by atoms with van der Waals surface area (Å²) >= 11 is 12.8. The fourth-order valence-electron chi connectivity index (χ4n) is 3.45. The predicted octanol–water partition coefficient (Wildman–Crippen LogP) is 3.24. The lowest BCUT2D eigenvalue weighted by molar-refractivity contribution is -0.136. The molecule has 1 aromatic carbocycles. The van der Waals surface area contributed by atoms with Crippen molar-refractivity contribution in [2.45, 2.75) is 30.3 Å². The molecule has 1 heterocycles. The van der Waals surface area contributed by atoms with Crippen molar-refractivity contribution < 1.29 is 14.3 Å². The lowest BCUT2D eigenvalue weighted by Gasteiger charge is -2.29. The van der Waals surface area contributed by atoms with Crippen LogP contribution >= 0.6 is 23.2 Å². The first kappa shape index (κ1) is 15.8. The molecule has 0 spiro atoms. The van der Waals surface area contributed by atoms with E-state index in [0.717, 1.165) is 5.56 Å². The zero-order valence-corrected chi connectivity index (χ0v) is 14.3. The molecule has 22 heavy (non-hydrogen) atoms. The molecule has 1 saturated carbocycles. The Balaban J connectivity index is 1.85. The predicted molar refractivity (Wildman–Crippen MR) is 85.6 cm³/mol. The zero-order valence-electron chi connectivity index (χ0n) is 12.8. The molecule has 1 saturated heterocycles. The third-order valence-electron chi connectivity index (χ3n) is 4.67. The molecule has 1 aliphatic heterocycles. The number of rotatable bonds is 4. The molecule has 1 aromatic rings. The Bertz CT molecular complexity index is 605. The number of benzene rings is 1. The van der Waals surface area contributed by atoms with Crippen LogP contribution in [0.25, 0.3) is 0 Å². The van der Waals surface area contributed by atoms with E-state index in [9.17, 15) is 4.79 Å². The molecule has 6 heteroatoms. The normalized spacial score (nSPS) is 29.0. The van der Waals surface area contributed by atoms with Crippen molar-refractivity contribution in [1.82, 2.24) is 4.90 Å². The van der Waals surface area contributed by atoms with Crippen molar-refractivity contribution in [3.63, 3.8) is 0 Å². The van der Waals surface area contributed by atoms with Gasteiger partial charge in [0.1, 0.15) is 15.8 Å². The number of carbonyl (C=O) groups is 1. The number of amides is 1. The minimum absolute atomic E-state index is 0.0924. The summed E-state index contributed by atoms with van der Waals surface area (Å²) in [5.41, 5.74) is 0.918. The van der Waals surface area contributed by atoms with Gasteiger partial charge in [0.05, 0.1) is 20.3 Å². The average molecular weight is 344 g/mol. The fraction of sp³-hybridized carbons (Fsp3) is 0.562. The molecule has 0 unspecified atom stereocenters. The van der Waals surface area contributed by atoms with E-state index in [1.807, 2.05) is 25.1 Å². The summed E-state index contributed by atoms with van der Waals surface area (Å²) in [5.74, 6) is 1.87. The molecule has 0 aromatic heterocycles. The van der Waals surface area contributed by atoms with Crippen LogP contribution in [0.3, 0.4) is 0 Å². The van der Waals surface area contributed by atoms with E-state index in [2.05, 4.69) is 0 Å². The van der Waals surface area contributed by atoms with Crippen LogP contribution < -0.4 is 9.47 Å². The Morgan fingerprint density at radius 3 is 2.68 bits per heavy atom. The molecule has 0 radical (unpaired) electrons. The number of nitrogens with zero attached hydrogens (tertiary/aromatic N) is 1. The van der Waals surface area contributed by atoms with Gasteiger partial charge in [0.2, 0.25) is 5.91 Å². The number of hydrogen-bond acceptors (Lipinski definition) is 3. The van der Waals surface area contributed by atoms with Gasteiger partial charge in [-0.05, 0) is 18.1 Å². The maximum atomic E-state index is 12.4.